The summed E-state index contributed by atoms with van der Waals surface area (Å²) < 4.78 is 17.7. The SMILES string of the molecule is CCCCCCCCCCCCc1nnn(CCC[Si](OCC)(OCC)OCC)n1. The molecule has 8 heteroatoms. The lowest BCUT2D eigenvalue weighted by Crippen LogP contribution is -2.46. The third kappa shape index (κ3) is 12.1. The molecule has 0 saturated carbocycles. The molecule has 0 radical (unpaired) electrons. The minimum Gasteiger partial charge on any atom is -0.374 e. The van der Waals surface area contributed by atoms with E-state index in [0.29, 0.717) is 26.4 Å². The van der Waals surface area contributed by atoms with Crippen LogP contribution in [0.15, 0.2) is 0 Å². The molecule has 0 bridgehead atoms. The van der Waals surface area contributed by atoms with Gasteiger partial charge in [0.15, 0.2) is 5.82 Å². The van der Waals surface area contributed by atoms with E-state index in [-0.39, 0.29) is 0 Å². The molecule has 0 aliphatic rings. The zero-order valence-electron chi connectivity index (χ0n) is 20.0. The number of tetrazole rings is 1. The lowest BCUT2D eigenvalue weighted by atomic mass is 10.1. The molecule has 1 aromatic rings. The predicted octanol–water partition coefficient (Wildman–Crippen LogP) is 5.58. The minimum atomic E-state index is -2.58. The second-order valence-corrected chi connectivity index (χ2v) is 10.6. The molecule has 0 atom stereocenters. The van der Waals surface area contributed by atoms with Crippen LogP contribution in [0.5, 0.6) is 0 Å². The van der Waals surface area contributed by atoms with Crippen LogP contribution in [0, 0.1) is 0 Å². The van der Waals surface area contributed by atoms with E-state index in [9.17, 15) is 0 Å². The maximum absolute atomic E-state index is 5.90. The lowest BCUT2D eigenvalue weighted by Gasteiger charge is -2.28. The highest BCUT2D eigenvalue weighted by Crippen LogP contribution is 2.18. The Kier molecular flexibility index (Phi) is 16.1. The van der Waals surface area contributed by atoms with Gasteiger partial charge in [-0.25, -0.2) is 0 Å². The molecule has 0 amide bonds. The summed E-state index contributed by atoms with van der Waals surface area (Å²) >= 11 is 0. The van der Waals surface area contributed by atoms with E-state index in [1.54, 1.807) is 4.80 Å². The Balaban J connectivity index is 2.19. The van der Waals surface area contributed by atoms with E-state index in [0.717, 1.165) is 31.1 Å². The number of hydrogen-bond acceptors (Lipinski definition) is 6. The summed E-state index contributed by atoms with van der Waals surface area (Å²) in [6.07, 6.45) is 15.2. The van der Waals surface area contributed by atoms with E-state index in [1.807, 2.05) is 20.8 Å². The van der Waals surface area contributed by atoms with Crippen LogP contribution < -0.4 is 0 Å². The van der Waals surface area contributed by atoms with Gasteiger partial charge in [0, 0.05) is 32.3 Å². The fourth-order valence-electron chi connectivity index (χ4n) is 3.68. The average Bonchev–Trinajstić information content (AvgIpc) is 3.17. The van der Waals surface area contributed by atoms with Gasteiger partial charge in [-0.05, 0) is 38.8 Å². The van der Waals surface area contributed by atoms with Gasteiger partial charge in [0.05, 0.1) is 6.54 Å². The van der Waals surface area contributed by atoms with Crippen molar-refractivity contribution in [2.75, 3.05) is 19.8 Å². The van der Waals surface area contributed by atoms with Crippen molar-refractivity contribution >= 4 is 8.80 Å². The van der Waals surface area contributed by atoms with E-state index in [1.165, 1.54) is 57.8 Å². The minimum absolute atomic E-state index is 0.608. The van der Waals surface area contributed by atoms with Crippen LogP contribution >= 0.6 is 0 Å². The Morgan fingerprint density at radius 1 is 0.700 bits per heavy atom. The normalized spacial score (nSPS) is 12.0. The summed E-state index contributed by atoms with van der Waals surface area (Å²) in [5, 5.41) is 13.0. The zero-order chi connectivity index (χ0) is 21.9. The van der Waals surface area contributed by atoms with Crippen LogP contribution in [0.2, 0.25) is 6.04 Å². The van der Waals surface area contributed by atoms with Gasteiger partial charge >= 0.3 is 8.80 Å². The third-order valence-electron chi connectivity index (χ3n) is 5.18. The summed E-state index contributed by atoms with van der Waals surface area (Å²) in [5.74, 6) is 0.859. The number of aryl methyl sites for hydroxylation is 2. The molecule has 0 N–H and O–H groups in total. The van der Waals surface area contributed by atoms with Gasteiger partial charge in [-0.15, -0.1) is 10.2 Å². The molecule has 0 fully saturated rings. The van der Waals surface area contributed by atoms with E-state index >= 15 is 0 Å². The van der Waals surface area contributed by atoms with Gasteiger partial charge in [-0.2, -0.15) is 4.80 Å². The molecule has 0 aromatic carbocycles. The molecule has 0 aliphatic heterocycles. The van der Waals surface area contributed by atoms with Crippen LogP contribution in [0.1, 0.15) is 104 Å². The first-order chi connectivity index (χ1) is 14.7. The second kappa shape index (κ2) is 17.8. The molecule has 0 spiro atoms. The van der Waals surface area contributed by atoms with Gasteiger partial charge in [-0.1, -0.05) is 64.7 Å². The van der Waals surface area contributed by atoms with Gasteiger partial charge in [0.2, 0.25) is 0 Å². The molecule has 1 rings (SSSR count). The second-order valence-electron chi connectivity index (χ2n) is 7.82. The van der Waals surface area contributed by atoms with Crippen LogP contribution in [0.4, 0.5) is 0 Å². The Bertz CT molecular complexity index is 499. The predicted molar refractivity (Wildman–Crippen MR) is 123 cm³/mol. The van der Waals surface area contributed by atoms with Crippen LogP contribution in [-0.2, 0) is 26.2 Å². The molecule has 0 aliphatic carbocycles. The van der Waals surface area contributed by atoms with E-state index < -0.39 is 8.80 Å². The highest BCUT2D eigenvalue weighted by molar-refractivity contribution is 6.60. The molecule has 1 aromatic heterocycles. The zero-order valence-corrected chi connectivity index (χ0v) is 21.0. The van der Waals surface area contributed by atoms with Crippen LogP contribution in [0.25, 0.3) is 0 Å². The highest BCUT2D eigenvalue weighted by atomic mass is 28.4. The Hall–Kier alpha value is -0.833. The topological polar surface area (TPSA) is 71.3 Å². The maximum Gasteiger partial charge on any atom is 0.500 e. The van der Waals surface area contributed by atoms with Crippen LogP contribution in [0.3, 0.4) is 0 Å². The molecule has 30 heavy (non-hydrogen) atoms. The molecule has 176 valence electrons. The van der Waals surface area contributed by atoms with Gasteiger partial charge in [0.1, 0.15) is 0 Å². The van der Waals surface area contributed by atoms with Crippen LogP contribution in [-0.4, -0.2) is 48.8 Å². The summed E-state index contributed by atoms with van der Waals surface area (Å²) in [5.41, 5.74) is 0. The van der Waals surface area contributed by atoms with Gasteiger partial charge in [0.25, 0.3) is 0 Å². The van der Waals surface area contributed by atoms with Crippen molar-refractivity contribution in [2.45, 2.75) is 117 Å². The molecule has 1 heterocycles. The summed E-state index contributed by atoms with van der Waals surface area (Å²) in [6, 6.07) is 0.776. The first-order valence-corrected chi connectivity index (χ1v) is 14.3. The molecule has 0 saturated heterocycles. The highest BCUT2D eigenvalue weighted by Gasteiger charge is 2.39. The number of rotatable bonds is 21. The van der Waals surface area contributed by atoms with Gasteiger partial charge < -0.3 is 13.3 Å². The van der Waals surface area contributed by atoms with Crippen molar-refractivity contribution in [2.24, 2.45) is 0 Å². The maximum atomic E-state index is 5.90. The molecular formula is C22H46N4O3Si. The summed E-state index contributed by atoms with van der Waals surface area (Å²) in [6.45, 7) is 10.8. The quantitative estimate of drug-likeness (QED) is 0.183. The lowest BCUT2D eigenvalue weighted by molar-refractivity contribution is 0.0703. The van der Waals surface area contributed by atoms with Gasteiger partial charge in [-0.3, -0.25) is 0 Å². The fourth-order valence-corrected chi connectivity index (χ4v) is 6.27. The Labute approximate surface area is 185 Å². The van der Waals surface area contributed by atoms with E-state index in [2.05, 4.69) is 22.3 Å². The van der Waals surface area contributed by atoms with Crippen molar-refractivity contribution < 1.29 is 13.3 Å². The first-order valence-electron chi connectivity index (χ1n) is 12.4. The van der Waals surface area contributed by atoms with Crippen molar-refractivity contribution in [3.05, 3.63) is 5.82 Å². The third-order valence-corrected chi connectivity index (χ3v) is 8.33. The average molecular weight is 443 g/mol. The number of unbranched alkanes of at least 4 members (excludes halogenated alkanes) is 9. The number of nitrogens with zero attached hydrogens (tertiary/aromatic N) is 4. The van der Waals surface area contributed by atoms with Crippen molar-refractivity contribution in [1.29, 1.82) is 0 Å². The summed E-state index contributed by atoms with van der Waals surface area (Å²) in [7, 11) is -2.58. The van der Waals surface area contributed by atoms with Crippen molar-refractivity contribution in [3.63, 3.8) is 0 Å². The van der Waals surface area contributed by atoms with Crippen molar-refractivity contribution in [3.8, 4) is 0 Å². The molecule has 0 unspecified atom stereocenters. The standard InChI is InChI=1S/C22H46N4O3Si/c1-5-9-10-11-12-13-14-15-16-17-19-22-23-25-26(24-22)20-18-21-30(27-6-2,28-7-3)29-8-4/h5-21H2,1-4H3. The number of aromatic nitrogens is 4. The monoisotopic (exact) mass is 442 g/mol. The smallest absolute Gasteiger partial charge is 0.374 e. The number of hydrogen-bond donors (Lipinski definition) is 0. The largest absolute Gasteiger partial charge is 0.500 e. The summed E-state index contributed by atoms with van der Waals surface area (Å²) in [4.78, 5) is 1.70. The Morgan fingerprint density at radius 2 is 1.23 bits per heavy atom. The molecular weight excluding hydrogens is 396 g/mol. The fraction of sp³-hybridized carbons (Fsp3) is 0.955. The van der Waals surface area contributed by atoms with E-state index in [4.69, 9.17) is 13.3 Å². The first kappa shape index (κ1) is 27.2. The molecule has 7 nitrogen and oxygen atoms in total. The Morgan fingerprint density at radius 3 is 1.77 bits per heavy atom. The van der Waals surface area contributed by atoms with Crippen molar-refractivity contribution in [1.82, 2.24) is 20.2 Å².